The minimum Gasteiger partial charge on any atom is -0.208 e. The van der Waals surface area contributed by atoms with Crippen LogP contribution in [0.2, 0.25) is 5.28 Å². The fourth-order valence-corrected chi connectivity index (χ4v) is 4.64. The highest BCUT2D eigenvalue weighted by Crippen LogP contribution is 2.34. The third-order valence-corrected chi connectivity index (χ3v) is 6.47. The van der Waals surface area contributed by atoms with Gasteiger partial charge in [-0.1, -0.05) is 127 Å². The summed E-state index contributed by atoms with van der Waals surface area (Å²) in [4.78, 5) is 13.6. The fourth-order valence-electron chi connectivity index (χ4n) is 4.48. The van der Waals surface area contributed by atoms with Crippen molar-refractivity contribution in [3.63, 3.8) is 0 Å². The summed E-state index contributed by atoms with van der Waals surface area (Å²) < 4.78 is 0. The van der Waals surface area contributed by atoms with E-state index in [-0.39, 0.29) is 5.28 Å². The van der Waals surface area contributed by atoms with Crippen molar-refractivity contribution < 1.29 is 0 Å². The summed E-state index contributed by atoms with van der Waals surface area (Å²) >= 11 is 6.38. The van der Waals surface area contributed by atoms with Gasteiger partial charge in [0.05, 0.1) is 0 Å². The van der Waals surface area contributed by atoms with E-state index in [1.54, 1.807) is 0 Å². The van der Waals surface area contributed by atoms with Crippen molar-refractivity contribution in [1.29, 1.82) is 0 Å². The van der Waals surface area contributed by atoms with Crippen molar-refractivity contribution in [3.8, 4) is 56.2 Å². The Kier molecular flexibility index (Phi) is 6.28. The minimum atomic E-state index is 0.169. The molecule has 0 fully saturated rings. The number of rotatable bonds is 5. The average molecular weight is 496 g/mol. The standard InChI is InChI=1S/C33H22ClN3/c34-33-36-31(26-20-18-24(19-21-26)23-10-3-1-4-11-23)35-32(37-33)28-15-9-14-27(22-28)30-17-8-7-16-29(30)25-12-5-2-6-13-25/h1-22H. The van der Waals surface area contributed by atoms with Gasteiger partial charge in [-0.05, 0) is 51.0 Å². The second-order valence-corrected chi connectivity index (χ2v) is 9.03. The van der Waals surface area contributed by atoms with Crippen molar-refractivity contribution in [3.05, 3.63) is 139 Å². The molecule has 0 aliphatic carbocycles. The molecule has 0 aliphatic heterocycles. The predicted octanol–water partition coefficient (Wildman–Crippen LogP) is 8.86. The van der Waals surface area contributed by atoms with E-state index < -0.39 is 0 Å². The molecule has 0 amide bonds. The molecular formula is C33H22ClN3. The Bertz CT molecular complexity index is 1660. The van der Waals surface area contributed by atoms with Crippen LogP contribution in [0.4, 0.5) is 0 Å². The largest absolute Gasteiger partial charge is 0.226 e. The second kappa shape index (κ2) is 10.2. The van der Waals surface area contributed by atoms with Gasteiger partial charge in [0.15, 0.2) is 11.6 Å². The average Bonchev–Trinajstić information content (AvgIpc) is 2.98. The van der Waals surface area contributed by atoms with Crippen LogP contribution >= 0.6 is 11.6 Å². The highest BCUT2D eigenvalue weighted by atomic mass is 35.5. The maximum Gasteiger partial charge on any atom is 0.226 e. The quantitative estimate of drug-likeness (QED) is 0.240. The van der Waals surface area contributed by atoms with Crippen LogP contribution in [0.3, 0.4) is 0 Å². The zero-order valence-corrected chi connectivity index (χ0v) is 20.7. The molecule has 0 atom stereocenters. The number of benzene rings is 5. The summed E-state index contributed by atoms with van der Waals surface area (Å²) in [7, 11) is 0. The van der Waals surface area contributed by atoms with Gasteiger partial charge in [0.2, 0.25) is 5.28 Å². The first kappa shape index (κ1) is 22.8. The van der Waals surface area contributed by atoms with Gasteiger partial charge >= 0.3 is 0 Å². The van der Waals surface area contributed by atoms with Crippen LogP contribution in [0, 0.1) is 0 Å². The van der Waals surface area contributed by atoms with E-state index in [9.17, 15) is 0 Å². The predicted molar refractivity (Wildman–Crippen MR) is 152 cm³/mol. The van der Waals surface area contributed by atoms with Crippen molar-refractivity contribution in [2.24, 2.45) is 0 Å². The molecule has 0 bridgehead atoms. The van der Waals surface area contributed by atoms with E-state index in [0.29, 0.717) is 11.6 Å². The third-order valence-electron chi connectivity index (χ3n) is 6.30. The Morgan fingerprint density at radius 3 is 1.49 bits per heavy atom. The lowest BCUT2D eigenvalue weighted by atomic mass is 9.94. The highest BCUT2D eigenvalue weighted by Gasteiger charge is 2.12. The topological polar surface area (TPSA) is 38.7 Å². The molecule has 37 heavy (non-hydrogen) atoms. The Morgan fingerprint density at radius 1 is 0.351 bits per heavy atom. The lowest BCUT2D eigenvalue weighted by molar-refractivity contribution is 1.07. The molecule has 0 radical (unpaired) electrons. The molecule has 3 nitrogen and oxygen atoms in total. The van der Waals surface area contributed by atoms with E-state index in [1.807, 2.05) is 48.5 Å². The summed E-state index contributed by atoms with van der Waals surface area (Å²) in [6, 6.07) is 45.5. The van der Waals surface area contributed by atoms with E-state index in [2.05, 4.69) is 94.9 Å². The number of aromatic nitrogens is 3. The van der Waals surface area contributed by atoms with Gasteiger partial charge in [-0.25, -0.2) is 4.98 Å². The smallest absolute Gasteiger partial charge is 0.208 e. The first-order valence-electron chi connectivity index (χ1n) is 12.1. The van der Waals surface area contributed by atoms with Crippen molar-refractivity contribution >= 4 is 11.6 Å². The van der Waals surface area contributed by atoms with E-state index in [1.165, 1.54) is 11.1 Å². The van der Waals surface area contributed by atoms with Crippen molar-refractivity contribution in [1.82, 2.24) is 15.0 Å². The first-order valence-corrected chi connectivity index (χ1v) is 12.5. The monoisotopic (exact) mass is 495 g/mol. The summed E-state index contributed by atoms with van der Waals surface area (Å²) in [6.45, 7) is 0. The zero-order valence-electron chi connectivity index (χ0n) is 19.9. The van der Waals surface area contributed by atoms with Crippen LogP contribution < -0.4 is 0 Å². The summed E-state index contributed by atoms with van der Waals surface area (Å²) in [5.41, 5.74) is 8.64. The SMILES string of the molecule is Clc1nc(-c2ccc(-c3ccccc3)cc2)nc(-c2cccc(-c3ccccc3-c3ccccc3)c2)n1. The Balaban J connectivity index is 1.37. The zero-order chi connectivity index (χ0) is 25.0. The maximum absolute atomic E-state index is 6.38. The molecule has 1 aromatic heterocycles. The molecule has 176 valence electrons. The van der Waals surface area contributed by atoms with E-state index in [0.717, 1.165) is 33.4 Å². The van der Waals surface area contributed by atoms with Gasteiger partial charge in [-0.15, -0.1) is 0 Å². The Morgan fingerprint density at radius 2 is 0.811 bits per heavy atom. The Labute approximate surface area is 221 Å². The van der Waals surface area contributed by atoms with Gasteiger partial charge < -0.3 is 0 Å². The summed E-state index contributed by atoms with van der Waals surface area (Å²) in [5, 5.41) is 0.169. The number of halogens is 1. The molecule has 6 aromatic rings. The van der Waals surface area contributed by atoms with Gasteiger partial charge in [-0.3, -0.25) is 0 Å². The van der Waals surface area contributed by atoms with Gasteiger partial charge in [-0.2, -0.15) is 9.97 Å². The molecule has 1 heterocycles. The lowest BCUT2D eigenvalue weighted by Gasteiger charge is -2.12. The Hall–Kier alpha value is -4.60. The number of nitrogens with zero attached hydrogens (tertiary/aromatic N) is 3. The van der Waals surface area contributed by atoms with E-state index in [4.69, 9.17) is 16.6 Å². The minimum absolute atomic E-state index is 0.169. The number of hydrogen-bond acceptors (Lipinski definition) is 3. The van der Waals surface area contributed by atoms with Crippen molar-refractivity contribution in [2.45, 2.75) is 0 Å². The maximum atomic E-state index is 6.38. The lowest BCUT2D eigenvalue weighted by Crippen LogP contribution is -1.97. The molecule has 0 aliphatic rings. The molecule has 0 saturated heterocycles. The third kappa shape index (κ3) is 4.90. The molecular weight excluding hydrogens is 474 g/mol. The molecule has 4 heteroatoms. The van der Waals surface area contributed by atoms with Gasteiger partial charge in [0, 0.05) is 11.1 Å². The van der Waals surface area contributed by atoms with Crippen LogP contribution in [0.25, 0.3) is 56.2 Å². The van der Waals surface area contributed by atoms with Crippen LogP contribution in [0.1, 0.15) is 0 Å². The molecule has 0 spiro atoms. The summed E-state index contributed by atoms with van der Waals surface area (Å²) in [6.07, 6.45) is 0. The summed E-state index contributed by atoms with van der Waals surface area (Å²) in [5.74, 6) is 1.09. The van der Waals surface area contributed by atoms with Crippen LogP contribution in [-0.4, -0.2) is 15.0 Å². The normalized spacial score (nSPS) is 10.8. The molecule has 0 saturated carbocycles. The number of hydrogen-bond donors (Lipinski definition) is 0. The van der Waals surface area contributed by atoms with E-state index >= 15 is 0 Å². The fraction of sp³-hybridized carbons (Fsp3) is 0. The first-order chi connectivity index (χ1) is 18.2. The molecule has 6 rings (SSSR count). The van der Waals surface area contributed by atoms with Crippen LogP contribution in [-0.2, 0) is 0 Å². The molecule has 5 aromatic carbocycles. The van der Waals surface area contributed by atoms with Gasteiger partial charge in [0.25, 0.3) is 0 Å². The van der Waals surface area contributed by atoms with Crippen LogP contribution in [0.5, 0.6) is 0 Å². The second-order valence-electron chi connectivity index (χ2n) is 8.69. The van der Waals surface area contributed by atoms with Crippen LogP contribution in [0.15, 0.2) is 133 Å². The molecule has 0 unspecified atom stereocenters. The van der Waals surface area contributed by atoms with Crippen molar-refractivity contribution in [2.75, 3.05) is 0 Å². The van der Waals surface area contributed by atoms with Gasteiger partial charge in [0.1, 0.15) is 0 Å². The highest BCUT2D eigenvalue weighted by molar-refractivity contribution is 6.28. The molecule has 0 N–H and O–H groups in total.